The Morgan fingerprint density at radius 3 is 2.50 bits per heavy atom. The molecule has 3 aromatic heterocycles. The predicted octanol–water partition coefficient (Wildman–Crippen LogP) is 3.77. The van der Waals surface area contributed by atoms with Crippen LogP contribution in [0.3, 0.4) is 0 Å². The van der Waals surface area contributed by atoms with Gasteiger partial charge in [-0.2, -0.15) is 13.2 Å². The minimum absolute atomic E-state index is 0.0812. The fourth-order valence-corrected chi connectivity index (χ4v) is 4.11. The summed E-state index contributed by atoms with van der Waals surface area (Å²) in [4.78, 5) is 30.4. The van der Waals surface area contributed by atoms with Crippen molar-refractivity contribution >= 4 is 23.4 Å². The number of hydrogen-bond donors (Lipinski definition) is 2. The molecule has 0 bridgehead atoms. The highest BCUT2D eigenvalue weighted by Gasteiger charge is 2.39. The number of nitrogens with zero attached hydrogens (tertiary/aromatic N) is 7. The van der Waals surface area contributed by atoms with Gasteiger partial charge in [-0.3, -0.25) is 14.7 Å². The number of alkyl halides is 3. The molecular formula is C26H22ClF3N8O4. The summed E-state index contributed by atoms with van der Waals surface area (Å²) in [7, 11) is 0. The molecule has 0 aliphatic rings. The van der Waals surface area contributed by atoms with Gasteiger partial charge < -0.3 is 9.63 Å². The zero-order valence-electron chi connectivity index (χ0n) is 22.0. The first-order valence-corrected chi connectivity index (χ1v) is 12.7. The first-order valence-electron chi connectivity index (χ1n) is 12.3. The van der Waals surface area contributed by atoms with Gasteiger partial charge in [0, 0.05) is 16.1 Å². The Balaban J connectivity index is 1.45. The molecule has 1 amide bonds. The number of rotatable bonds is 8. The molecule has 1 atom stereocenters. The molecule has 0 saturated heterocycles. The molecule has 0 saturated carbocycles. The number of aryl methyl sites for hydroxylation is 1. The fraction of sp³-hybridized carbons (Fsp3) is 0.231. The Hall–Kier alpha value is -4.76. The maximum Gasteiger partial charge on any atom is 0.416 e. The molecule has 0 aliphatic carbocycles. The van der Waals surface area contributed by atoms with Crippen LogP contribution in [0.5, 0.6) is 0 Å². The van der Waals surface area contributed by atoms with Crippen molar-refractivity contribution in [3.05, 3.63) is 93.0 Å². The number of nitrogens with one attached hydrogen (secondary N) is 1. The normalized spacial score (nSPS) is 12.5. The van der Waals surface area contributed by atoms with Gasteiger partial charge in [-0.15, -0.1) is 10.2 Å². The van der Waals surface area contributed by atoms with Crippen molar-refractivity contribution in [3.63, 3.8) is 0 Å². The van der Waals surface area contributed by atoms with E-state index in [1.807, 2.05) is 0 Å². The first kappa shape index (κ1) is 28.8. The monoisotopic (exact) mass is 602 g/mol. The Bertz CT molecular complexity index is 1810. The van der Waals surface area contributed by atoms with E-state index in [0.29, 0.717) is 27.5 Å². The number of amides is 1. The molecular weight excluding hydrogens is 581 g/mol. The van der Waals surface area contributed by atoms with Crippen LogP contribution in [-0.2, 0) is 13.1 Å². The van der Waals surface area contributed by atoms with Crippen molar-refractivity contribution in [2.75, 3.05) is 5.32 Å². The number of anilines is 1. The maximum atomic E-state index is 13.1. The highest BCUT2D eigenvalue weighted by molar-refractivity contribution is 6.30. The van der Waals surface area contributed by atoms with Gasteiger partial charge >= 0.3 is 11.9 Å². The number of benzene rings is 2. The number of carbonyl (C=O) groups excluding carboxylic acids is 1. The molecule has 5 rings (SSSR count). The number of aliphatic hydroxyl groups excluding tert-OH is 1. The van der Waals surface area contributed by atoms with Crippen molar-refractivity contribution in [1.82, 2.24) is 34.3 Å². The lowest BCUT2D eigenvalue weighted by Crippen LogP contribution is -2.37. The lowest BCUT2D eigenvalue weighted by atomic mass is 10.1. The van der Waals surface area contributed by atoms with Gasteiger partial charge in [0.05, 0.1) is 23.5 Å². The largest absolute Gasteiger partial charge is 0.416 e. The van der Waals surface area contributed by atoms with Gasteiger partial charge in [-0.25, -0.2) is 19.1 Å². The average molecular weight is 603 g/mol. The third kappa shape index (κ3) is 5.82. The van der Waals surface area contributed by atoms with E-state index in [1.54, 1.807) is 38.1 Å². The fourth-order valence-electron chi connectivity index (χ4n) is 3.99. The average Bonchev–Trinajstić information content (AvgIpc) is 3.64. The van der Waals surface area contributed by atoms with Gasteiger partial charge in [0.25, 0.3) is 5.91 Å². The van der Waals surface area contributed by atoms with Crippen molar-refractivity contribution in [2.24, 2.45) is 0 Å². The SMILES string of the molecule is Cc1noc(NC(=O)c2ccccc2-n2cnc(Cn3nc(-c4ccc(Cl)cc4)n(C[C@H](O)C(F)(F)F)c3=O)n2)c1C. The van der Waals surface area contributed by atoms with Crippen LogP contribution in [0, 0.1) is 13.8 Å². The van der Waals surface area contributed by atoms with Crippen molar-refractivity contribution < 1.29 is 27.6 Å². The summed E-state index contributed by atoms with van der Waals surface area (Å²) >= 11 is 5.92. The molecule has 2 N–H and O–H groups in total. The van der Waals surface area contributed by atoms with Gasteiger partial charge in [0.1, 0.15) is 12.9 Å². The Morgan fingerprint density at radius 2 is 1.83 bits per heavy atom. The standard InChI is InChI=1S/C26H22ClF3N8O4/c1-14-15(2)35-42-24(14)32-23(40)18-5-3-4-6-19(18)38-13-31-21(33-38)12-37-25(41)36(11-20(39)26(28,29)30)22(34-37)16-7-9-17(27)10-8-16/h3-10,13,20,39H,11-12H2,1-2H3,(H,32,40)/t20-/m0/s1. The number of aliphatic hydroxyl groups is 1. The molecule has 42 heavy (non-hydrogen) atoms. The van der Waals surface area contributed by atoms with Gasteiger partial charge in [-0.1, -0.05) is 28.9 Å². The first-order chi connectivity index (χ1) is 19.9. The summed E-state index contributed by atoms with van der Waals surface area (Å²) in [5.41, 5.74) is 1.28. The highest BCUT2D eigenvalue weighted by atomic mass is 35.5. The highest BCUT2D eigenvalue weighted by Crippen LogP contribution is 2.24. The summed E-state index contributed by atoms with van der Waals surface area (Å²) in [6.45, 7) is 2.11. The predicted molar refractivity (Wildman–Crippen MR) is 143 cm³/mol. The molecule has 218 valence electrons. The summed E-state index contributed by atoms with van der Waals surface area (Å²) < 4.78 is 47.5. The summed E-state index contributed by atoms with van der Waals surface area (Å²) in [5, 5.41) is 25.1. The number of para-hydroxylation sites is 1. The Kier molecular flexibility index (Phi) is 7.71. The molecule has 16 heteroatoms. The molecule has 0 unspecified atom stereocenters. The zero-order valence-corrected chi connectivity index (χ0v) is 22.8. The van der Waals surface area contributed by atoms with Crippen LogP contribution in [0.15, 0.2) is 64.2 Å². The quantitative estimate of drug-likeness (QED) is 0.273. The Morgan fingerprint density at radius 1 is 1.12 bits per heavy atom. The summed E-state index contributed by atoms with van der Waals surface area (Å²) in [5.74, 6) is -0.321. The second kappa shape index (κ2) is 11.3. The maximum absolute atomic E-state index is 13.1. The summed E-state index contributed by atoms with van der Waals surface area (Å²) in [6, 6.07) is 12.5. The lowest BCUT2D eigenvalue weighted by molar-refractivity contribution is -0.207. The van der Waals surface area contributed by atoms with Gasteiger partial charge in [0.2, 0.25) is 5.88 Å². The molecule has 0 fully saturated rings. The van der Waals surface area contributed by atoms with Crippen LogP contribution in [0.2, 0.25) is 5.02 Å². The van der Waals surface area contributed by atoms with Crippen LogP contribution in [-0.4, -0.2) is 57.6 Å². The number of halogens is 4. The van der Waals surface area contributed by atoms with Crippen LogP contribution >= 0.6 is 11.6 Å². The minimum Gasteiger partial charge on any atom is -0.382 e. The number of carbonyl (C=O) groups is 1. The van der Waals surface area contributed by atoms with E-state index in [0.717, 1.165) is 9.25 Å². The van der Waals surface area contributed by atoms with Crippen molar-refractivity contribution in [3.8, 4) is 17.1 Å². The van der Waals surface area contributed by atoms with E-state index in [1.165, 1.54) is 35.3 Å². The lowest BCUT2D eigenvalue weighted by Gasteiger charge is -2.15. The Labute approximate surface area is 240 Å². The number of aromatic nitrogens is 7. The van der Waals surface area contributed by atoms with Gasteiger partial charge in [0.15, 0.2) is 17.8 Å². The van der Waals surface area contributed by atoms with E-state index >= 15 is 0 Å². The molecule has 5 aromatic rings. The molecule has 2 aromatic carbocycles. The van der Waals surface area contributed by atoms with Crippen molar-refractivity contribution in [2.45, 2.75) is 39.2 Å². The van der Waals surface area contributed by atoms with Crippen molar-refractivity contribution in [1.29, 1.82) is 0 Å². The minimum atomic E-state index is -4.95. The summed E-state index contributed by atoms with van der Waals surface area (Å²) in [6.07, 6.45) is -6.44. The van der Waals surface area contributed by atoms with E-state index in [9.17, 15) is 27.9 Å². The van der Waals surface area contributed by atoms with E-state index in [2.05, 4.69) is 25.7 Å². The van der Waals surface area contributed by atoms with Crippen LogP contribution in [0.4, 0.5) is 19.1 Å². The molecule has 0 spiro atoms. The molecule has 3 heterocycles. The van der Waals surface area contributed by atoms with Crippen LogP contribution < -0.4 is 11.0 Å². The third-order valence-electron chi connectivity index (χ3n) is 6.37. The third-order valence-corrected chi connectivity index (χ3v) is 6.62. The van der Waals surface area contributed by atoms with Crippen LogP contribution in [0.1, 0.15) is 27.4 Å². The molecule has 0 aliphatic heterocycles. The van der Waals surface area contributed by atoms with E-state index < -0.39 is 30.4 Å². The van der Waals surface area contributed by atoms with Gasteiger partial charge in [-0.05, 0) is 50.2 Å². The van der Waals surface area contributed by atoms with Crippen LogP contribution in [0.25, 0.3) is 17.1 Å². The second-order valence-corrected chi connectivity index (χ2v) is 9.67. The van der Waals surface area contributed by atoms with E-state index in [4.69, 9.17) is 16.1 Å². The molecule has 0 radical (unpaired) electrons. The smallest absolute Gasteiger partial charge is 0.382 e. The topological polar surface area (TPSA) is 146 Å². The zero-order chi connectivity index (χ0) is 30.2. The number of hydrogen-bond acceptors (Lipinski definition) is 8. The van der Waals surface area contributed by atoms with E-state index in [-0.39, 0.29) is 29.6 Å². The second-order valence-electron chi connectivity index (χ2n) is 9.24. The molecule has 12 nitrogen and oxygen atoms in total.